The molecule has 0 atom stereocenters. The average Bonchev–Trinajstić information content (AvgIpc) is 2.04. The van der Waals surface area contributed by atoms with Crippen LogP contribution in [-0.4, -0.2) is 22.2 Å². The molecule has 0 aliphatic heterocycles. The number of nitrogens with zero attached hydrogens (tertiary/aromatic N) is 1. The SMILES string of the molecule is CC(C)Oc1ccc(C(=O)O)nc1.Cl. The van der Waals surface area contributed by atoms with E-state index >= 15 is 0 Å². The van der Waals surface area contributed by atoms with Gasteiger partial charge in [0.1, 0.15) is 11.4 Å². The smallest absolute Gasteiger partial charge is 0.354 e. The Kier molecular flexibility index (Phi) is 4.94. The first-order chi connectivity index (χ1) is 6.09. The van der Waals surface area contributed by atoms with E-state index in [4.69, 9.17) is 9.84 Å². The van der Waals surface area contributed by atoms with E-state index in [0.717, 1.165) is 0 Å². The number of rotatable bonds is 3. The third-order valence-corrected chi connectivity index (χ3v) is 1.33. The van der Waals surface area contributed by atoms with E-state index in [-0.39, 0.29) is 24.2 Å². The molecule has 1 rings (SSSR count). The summed E-state index contributed by atoms with van der Waals surface area (Å²) in [6.07, 6.45) is 1.47. The fourth-order valence-electron chi connectivity index (χ4n) is 0.849. The van der Waals surface area contributed by atoms with Gasteiger partial charge in [-0.25, -0.2) is 9.78 Å². The number of halogens is 1. The lowest BCUT2D eigenvalue weighted by atomic mass is 10.3. The molecular weight excluding hydrogens is 206 g/mol. The molecule has 0 saturated carbocycles. The van der Waals surface area contributed by atoms with Crippen molar-refractivity contribution in [2.45, 2.75) is 20.0 Å². The molecule has 0 aromatic carbocycles. The van der Waals surface area contributed by atoms with Crippen LogP contribution in [0, 0.1) is 0 Å². The standard InChI is InChI=1S/C9H11NO3.ClH/c1-6(2)13-7-3-4-8(9(11)12)10-5-7;/h3-6H,1-2H3,(H,11,12);1H. The maximum absolute atomic E-state index is 10.4. The molecule has 4 nitrogen and oxygen atoms in total. The van der Waals surface area contributed by atoms with Crippen LogP contribution >= 0.6 is 12.4 Å². The Morgan fingerprint density at radius 3 is 2.50 bits per heavy atom. The second-order valence-electron chi connectivity index (χ2n) is 2.85. The summed E-state index contributed by atoms with van der Waals surface area (Å²) in [6.45, 7) is 3.79. The number of pyridine rings is 1. The normalized spacial score (nSPS) is 9.36. The summed E-state index contributed by atoms with van der Waals surface area (Å²) in [6, 6.07) is 3.01. The number of aromatic nitrogens is 1. The zero-order chi connectivity index (χ0) is 9.84. The molecule has 0 fully saturated rings. The topological polar surface area (TPSA) is 59.4 Å². The van der Waals surface area contributed by atoms with Crippen LogP contribution in [0.2, 0.25) is 0 Å². The Morgan fingerprint density at radius 1 is 1.50 bits per heavy atom. The summed E-state index contributed by atoms with van der Waals surface area (Å²) in [5.41, 5.74) is 0.0242. The highest BCUT2D eigenvalue weighted by molar-refractivity contribution is 5.85. The molecule has 0 radical (unpaired) electrons. The van der Waals surface area contributed by atoms with E-state index in [1.165, 1.54) is 12.3 Å². The van der Waals surface area contributed by atoms with Gasteiger partial charge in [0.05, 0.1) is 12.3 Å². The third kappa shape index (κ3) is 3.62. The van der Waals surface area contributed by atoms with Crippen molar-refractivity contribution in [3.8, 4) is 5.75 Å². The lowest BCUT2D eigenvalue weighted by molar-refractivity contribution is 0.0690. The lowest BCUT2D eigenvalue weighted by Gasteiger charge is -2.08. The quantitative estimate of drug-likeness (QED) is 0.841. The number of carbonyl (C=O) groups is 1. The van der Waals surface area contributed by atoms with E-state index in [9.17, 15) is 4.79 Å². The van der Waals surface area contributed by atoms with Gasteiger partial charge in [-0.05, 0) is 26.0 Å². The number of carboxylic acids is 1. The molecule has 0 bridgehead atoms. The van der Waals surface area contributed by atoms with Crippen LogP contribution in [0.15, 0.2) is 18.3 Å². The van der Waals surface area contributed by atoms with E-state index in [1.54, 1.807) is 6.07 Å². The largest absolute Gasteiger partial charge is 0.489 e. The Morgan fingerprint density at radius 2 is 2.14 bits per heavy atom. The summed E-state index contributed by atoms with van der Waals surface area (Å²) in [7, 11) is 0. The van der Waals surface area contributed by atoms with Gasteiger partial charge in [-0.3, -0.25) is 0 Å². The second kappa shape index (κ2) is 5.44. The van der Waals surface area contributed by atoms with E-state index < -0.39 is 5.97 Å². The second-order valence-corrected chi connectivity index (χ2v) is 2.85. The zero-order valence-corrected chi connectivity index (χ0v) is 8.75. The Bertz CT molecular complexity index is 297. The molecule has 78 valence electrons. The van der Waals surface area contributed by atoms with Crippen LogP contribution in [0.3, 0.4) is 0 Å². The highest BCUT2D eigenvalue weighted by Gasteiger charge is 2.04. The van der Waals surface area contributed by atoms with Crippen LogP contribution in [0.25, 0.3) is 0 Å². The molecule has 5 heteroatoms. The molecule has 1 aromatic rings. The summed E-state index contributed by atoms with van der Waals surface area (Å²) >= 11 is 0. The van der Waals surface area contributed by atoms with Gasteiger partial charge in [-0.2, -0.15) is 0 Å². The molecule has 0 spiro atoms. The van der Waals surface area contributed by atoms with Crippen LogP contribution in [0.4, 0.5) is 0 Å². The fourth-order valence-corrected chi connectivity index (χ4v) is 0.849. The number of carboxylic acid groups (broad SMARTS) is 1. The predicted molar refractivity (Wildman–Crippen MR) is 54.2 cm³/mol. The first-order valence-electron chi connectivity index (χ1n) is 3.95. The molecular formula is C9H12ClNO3. The van der Waals surface area contributed by atoms with Crippen molar-refractivity contribution in [3.05, 3.63) is 24.0 Å². The van der Waals surface area contributed by atoms with Gasteiger partial charge >= 0.3 is 5.97 Å². The first kappa shape index (κ1) is 12.7. The molecule has 0 unspecified atom stereocenters. The molecule has 0 aliphatic rings. The minimum Gasteiger partial charge on any atom is -0.489 e. The lowest BCUT2D eigenvalue weighted by Crippen LogP contribution is -2.06. The highest BCUT2D eigenvalue weighted by atomic mass is 35.5. The van der Waals surface area contributed by atoms with Crippen molar-refractivity contribution in [2.24, 2.45) is 0 Å². The number of hydrogen-bond acceptors (Lipinski definition) is 3. The van der Waals surface area contributed by atoms with Crippen molar-refractivity contribution in [1.82, 2.24) is 4.98 Å². The van der Waals surface area contributed by atoms with Gasteiger partial charge in [0.2, 0.25) is 0 Å². The summed E-state index contributed by atoms with van der Waals surface area (Å²) in [4.78, 5) is 14.1. The van der Waals surface area contributed by atoms with Crippen molar-refractivity contribution in [3.63, 3.8) is 0 Å². The maximum Gasteiger partial charge on any atom is 0.354 e. The van der Waals surface area contributed by atoms with Crippen LogP contribution in [-0.2, 0) is 0 Å². The summed E-state index contributed by atoms with van der Waals surface area (Å²) in [5.74, 6) is -0.448. The maximum atomic E-state index is 10.4. The van der Waals surface area contributed by atoms with Crippen molar-refractivity contribution < 1.29 is 14.6 Å². The molecule has 0 amide bonds. The minimum absolute atomic E-state index is 0. The third-order valence-electron chi connectivity index (χ3n) is 1.33. The van der Waals surface area contributed by atoms with Crippen molar-refractivity contribution in [2.75, 3.05) is 0 Å². The van der Waals surface area contributed by atoms with E-state index in [1.807, 2.05) is 13.8 Å². The average molecular weight is 218 g/mol. The van der Waals surface area contributed by atoms with Gasteiger partial charge in [0.15, 0.2) is 0 Å². The molecule has 1 heterocycles. The molecule has 14 heavy (non-hydrogen) atoms. The monoisotopic (exact) mass is 217 g/mol. The predicted octanol–water partition coefficient (Wildman–Crippen LogP) is 1.99. The Balaban J connectivity index is 0.00000169. The van der Waals surface area contributed by atoms with Crippen LogP contribution in [0.1, 0.15) is 24.3 Å². The molecule has 0 saturated heterocycles. The highest BCUT2D eigenvalue weighted by Crippen LogP contribution is 2.10. The van der Waals surface area contributed by atoms with Gasteiger partial charge < -0.3 is 9.84 Å². The van der Waals surface area contributed by atoms with Crippen LogP contribution in [0.5, 0.6) is 5.75 Å². The van der Waals surface area contributed by atoms with E-state index in [0.29, 0.717) is 5.75 Å². The van der Waals surface area contributed by atoms with Gasteiger partial charge in [-0.15, -0.1) is 12.4 Å². The van der Waals surface area contributed by atoms with E-state index in [2.05, 4.69) is 4.98 Å². The van der Waals surface area contributed by atoms with Crippen LogP contribution < -0.4 is 4.74 Å². The minimum atomic E-state index is -1.03. The number of hydrogen-bond donors (Lipinski definition) is 1. The van der Waals surface area contributed by atoms with Gasteiger partial charge in [0.25, 0.3) is 0 Å². The molecule has 0 aliphatic carbocycles. The number of aromatic carboxylic acids is 1. The molecule has 1 N–H and O–H groups in total. The molecule has 1 aromatic heterocycles. The summed E-state index contributed by atoms with van der Waals surface area (Å²) in [5, 5.41) is 8.55. The number of ether oxygens (including phenoxy) is 1. The first-order valence-corrected chi connectivity index (χ1v) is 3.95. The zero-order valence-electron chi connectivity index (χ0n) is 7.93. The fraction of sp³-hybridized carbons (Fsp3) is 0.333. The van der Waals surface area contributed by atoms with Crippen molar-refractivity contribution >= 4 is 18.4 Å². The Labute approximate surface area is 88.3 Å². The Hall–Kier alpha value is -1.29. The van der Waals surface area contributed by atoms with Gasteiger partial charge in [0, 0.05) is 0 Å². The van der Waals surface area contributed by atoms with Gasteiger partial charge in [-0.1, -0.05) is 0 Å². The van der Waals surface area contributed by atoms with Crippen molar-refractivity contribution in [1.29, 1.82) is 0 Å². The summed E-state index contributed by atoms with van der Waals surface area (Å²) < 4.78 is 5.29.